The third-order valence-electron chi connectivity index (χ3n) is 4.72. The molecule has 0 amide bonds. The Morgan fingerprint density at radius 1 is 1.31 bits per heavy atom. The van der Waals surface area contributed by atoms with Crippen LogP contribution in [0.25, 0.3) is 22.2 Å². The Hall–Kier alpha value is -3.17. The van der Waals surface area contributed by atoms with Crippen LogP contribution in [0.1, 0.15) is 24.0 Å². The summed E-state index contributed by atoms with van der Waals surface area (Å²) >= 11 is 0. The molecule has 1 aromatic carbocycles. The maximum atomic E-state index is 11.6. The van der Waals surface area contributed by atoms with Crippen LogP contribution >= 0.6 is 0 Å². The van der Waals surface area contributed by atoms with Crippen LogP contribution in [0.15, 0.2) is 36.5 Å². The molecule has 0 bridgehead atoms. The summed E-state index contributed by atoms with van der Waals surface area (Å²) < 4.78 is 0. The van der Waals surface area contributed by atoms with Crippen LogP contribution in [-0.4, -0.2) is 38.8 Å². The van der Waals surface area contributed by atoms with Gasteiger partial charge in [0, 0.05) is 24.5 Å². The summed E-state index contributed by atoms with van der Waals surface area (Å²) in [5.41, 5.74) is 3.56. The van der Waals surface area contributed by atoms with Gasteiger partial charge < -0.3 is 10.1 Å². The van der Waals surface area contributed by atoms with Crippen molar-refractivity contribution in [3.63, 3.8) is 0 Å². The highest BCUT2D eigenvalue weighted by Gasteiger charge is 2.18. The highest BCUT2D eigenvalue weighted by molar-refractivity contribution is 5.98. The molecule has 1 aliphatic rings. The molecule has 0 unspecified atom stereocenters. The van der Waals surface area contributed by atoms with Gasteiger partial charge in [0.25, 0.3) is 0 Å². The largest absolute Gasteiger partial charge is 0.494 e. The summed E-state index contributed by atoms with van der Waals surface area (Å²) in [4.78, 5) is 21.1. The number of benzene rings is 1. The fraction of sp³-hybridized carbons (Fsp3) is 0.250. The van der Waals surface area contributed by atoms with Gasteiger partial charge in [-0.05, 0) is 36.7 Å². The number of piperidine rings is 1. The zero-order valence-electron chi connectivity index (χ0n) is 14.2. The van der Waals surface area contributed by atoms with E-state index in [1.807, 2.05) is 18.2 Å². The zero-order valence-corrected chi connectivity index (χ0v) is 14.2. The normalized spacial score (nSPS) is 15.3. The predicted molar refractivity (Wildman–Crippen MR) is 97.4 cm³/mol. The van der Waals surface area contributed by atoms with Crippen molar-refractivity contribution in [3.8, 4) is 23.2 Å². The Morgan fingerprint density at radius 3 is 2.92 bits per heavy atom. The molecule has 0 spiro atoms. The number of aromatic amines is 1. The Kier molecular flexibility index (Phi) is 4.15. The topological polar surface area (TPSA) is 93.0 Å². The average Bonchev–Trinajstić information content (AvgIpc) is 2.97. The Balaban J connectivity index is 1.61. The second-order valence-corrected chi connectivity index (χ2v) is 6.63. The number of H-pyrrole nitrogens is 1. The molecule has 1 fully saturated rings. The van der Waals surface area contributed by atoms with Crippen LogP contribution in [0.4, 0.5) is 0 Å². The third-order valence-corrected chi connectivity index (χ3v) is 4.72. The number of hydrogen-bond acceptors (Lipinski definition) is 5. The number of aromatic nitrogens is 2. The van der Waals surface area contributed by atoms with E-state index in [1.54, 1.807) is 18.3 Å². The lowest BCUT2D eigenvalue weighted by Crippen LogP contribution is -2.34. The Labute approximate surface area is 150 Å². The first kappa shape index (κ1) is 16.3. The average molecular weight is 346 g/mol. The molecule has 2 N–H and O–H groups in total. The smallest absolute Gasteiger partial charge is 0.199 e. The van der Waals surface area contributed by atoms with Gasteiger partial charge in [-0.25, -0.2) is 0 Å². The number of nitrogens with zero attached hydrogens (tertiary/aromatic N) is 3. The molecule has 0 radical (unpaired) electrons. The van der Waals surface area contributed by atoms with Gasteiger partial charge >= 0.3 is 0 Å². The molecule has 2 aromatic heterocycles. The van der Waals surface area contributed by atoms with Gasteiger partial charge in [-0.15, -0.1) is 0 Å². The molecule has 0 saturated carbocycles. The SMILES string of the molecule is N#Cc1ccc2c(-c3ccc(CN4CCCC(=O)C4)cn3)c(O)[nH]c2c1. The molecule has 3 aromatic rings. The van der Waals surface area contributed by atoms with E-state index in [1.165, 1.54) is 0 Å². The number of pyridine rings is 1. The van der Waals surface area contributed by atoms with E-state index in [0.29, 0.717) is 47.6 Å². The molecule has 1 aliphatic heterocycles. The summed E-state index contributed by atoms with van der Waals surface area (Å²) in [7, 11) is 0. The standard InChI is InChI=1S/C20H18N4O2/c21-9-13-3-5-16-18(8-13)23-20(26)19(16)17-6-4-14(10-22-17)11-24-7-1-2-15(25)12-24/h3-6,8,10,23,26H,1-2,7,11-12H2. The van der Waals surface area contributed by atoms with Crippen molar-refractivity contribution in [1.29, 1.82) is 5.26 Å². The lowest BCUT2D eigenvalue weighted by atomic mass is 10.1. The van der Waals surface area contributed by atoms with Crippen molar-refractivity contribution in [1.82, 2.24) is 14.9 Å². The third kappa shape index (κ3) is 3.05. The van der Waals surface area contributed by atoms with E-state index in [2.05, 4.69) is 20.9 Å². The fourth-order valence-corrected chi connectivity index (χ4v) is 3.48. The lowest BCUT2D eigenvalue weighted by Gasteiger charge is -2.25. The minimum atomic E-state index is 0.0389. The van der Waals surface area contributed by atoms with E-state index in [0.717, 1.165) is 23.9 Å². The maximum Gasteiger partial charge on any atom is 0.199 e. The van der Waals surface area contributed by atoms with Crippen molar-refractivity contribution in [3.05, 3.63) is 47.7 Å². The van der Waals surface area contributed by atoms with Gasteiger partial charge in [0.2, 0.25) is 0 Å². The molecular weight excluding hydrogens is 328 g/mol. The van der Waals surface area contributed by atoms with Crippen molar-refractivity contribution in [2.45, 2.75) is 19.4 Å². The molecule has 4 rings (SSSR count). The van der Waals surface area contributed by atoms with Gasteiger partial charge in [-0.1, -0.05) is 12.1 Å². The van der Waals surface area contributed by atoms with Crippen LogP contribution in [0.2, 0.25) is 0 Å². The number of hydrogen-bond donors (Lipinski definition) is 2. The van der Waals surface area contributed by atoms with Gasteiger partial charge in [0.15, 0.2) is 5.88 Å². The molecule has 26 heavy (non-hydrogen) atoms. The van der Waals surface area contributed by atoms with Gasteiger partial charge in [-0.2, -0.15) is 5.26 Å². The number of likely N-dealkylation sites (tertiary alicyclic amines) is 1. The molecule has 1 saturated heterocycles. The minimum Gasteiger partial charge on any atom is -0.494 e. The molecular formula is C20H18N4O2. The van der Waals surface area contributed by atoms with E-state index < -0.39 is 0 Å². The number of nitrogens with one attached hydrogen (secondary N) is 1. The number of fused-ring (bicyclic) bond motifs is 1. The summed E-state index contributed by atoms with van der Waals surface area (Å²) in [6.45, 7) is 2.13. The predicted octanol–water partition coefficient (Wildman–Crippen LogP) is 2.97. The summed E-state index contributed by atoms with van der Waals surface area (Å²) in [5, 5.41) is 20.1. The number of carbonyl (C=O) groups is 1. The van der Waals surface area contributed by atoms with Crippen LogP contribution in [0, 0.1) is 11.3 Å². The van der Waals surface area contributed by atoms with E-state index in [4.69, 9.17) is 5.26 Å². The monoisotopic (exact) mass is 346 g/mol. The van der Waals surface area contributed by atoms with Crippen molar-refractivity contribution in [2.75, 3.05) is 13.1 Å². The minimum absolute atomic E-state index is 0.0389. The van der Waals surface area contributed by atoms with Gasteiger partial charge in [0.05, 0.1) is 35.0 Å². The number of carbonyl (C=O) groups excluding carboxylic acids is 1. The maximum absolute atomic E-state index is 11.6. The molecule has 3 heterocycles. The second-order valence-electron chi connectivity index (χ2n) is 6.63. The highest BCUT2D eigenvalue weighted by atomic mass is 16.3. The van der Waals surface area contributed by atoms with Gasteiger partial charge in [-0.3, -0.25) is 14.7 Å². The summed E-state index contributed by atoms with van der Waals surface area (Å²) in [6, 6.07) is 11.2. The fourth-order valence-electron chi connectivity index (χ4n) is 3.48. The number of ketones is 1. The van der Waals surface area contributed by atoms with Crippen LogP contribution in [0.5, 0.6) is 5.88 Å². The molecule has 6 nitrogen and oxygen atoms in total. The first-order valence-electron chi connectivity index (χ1n) is 8.58. The van der Waals surface area contributed by atoms with Crippen molar-refractivity contribution < 1.29 is 9.90 Å². The quantitative estimate of drug-likeness (QED) is 0.760. The molecule has 6 heteroatoms. The van der Waals surface area contributed by atoms with E-state index in [9.17, 15) is 9.90 Å². The Morgan fingerprint density at radius 2 is 2.19 bits per heavy atom. The molecule has 0 aliphatic carbocycles. The van der Waals surface area contributed by atoms with Gasteiger partial charge in [0.1, 0.15) is 5.78 Å². The first-order valence-corrected chi connectivity index (χ1v) is 8.58. The lowest BCUT2D eigenvalue weighted by molar-refractivity contribution is -0.122. The highest BCUT2D eigenvalue weighted by Crippen LogP contribution is 2.35. The van der Waals surface area contributed by atoms with Crippen molar-refractivity contribution >= 4 is 16.7 Å². The molecule has 0 atom stereocenters. The van der Waals surface area contributed by atoms with E-state index in [-0.39, 0.29) is 5.88 Å². The number of aromatic hydroxyl groups is 1. The van der Waals surface area contributed by atoms with Crippen molar-refractivity contribution in [2.24, 2.45) is 0 Å². The van der Waals surface area contributed by atoms with Crippen LogP contribution in [-0.2, 0) is 11.3 Å². The summed E-state index contributed by atoms with van der Waals surface area (Å²) in [5.74, 6) is 0.332. The zero-order chi connectivity index (χ0) is 18.1. The first-order chi connectivity index (χ1) is 12.6. The summed E-state index contributed by atoms with van der Waals surface area (Å²) in [6.07, 6.45) is 3.38. The van der Waals surface area contributed by atoms with Crippen LogP contribution < -0.4 is 0 Å². The second kappa shape index (κ2) is 6.62. The number of rotatable bonds is 3. The van der Waals surface area contributed by atoms with E-state index >= 15 is 0 Å². The van der Waals surface area contributed by atoms with Crippen LogP contribution in [0.3, 0.4) is 0 Å². The number of nitriles is 1. The number of Topliss-reactive ketones (excluding diaryl/α,β-unsaturated/α-hetero) is 1. The molecule has 130 valence electrons. The Bertz CT molecular complexity index is 1010.